The minimum atomic E-state index is -4.22. The fourth-order valence-corrected chi connectivity index (χ4v) is 7.68. The first-order valence-electron chi connectivity index (χ1n) is 15.8. The predicted molar refractivity (Wildman–Crippen MR) is 188 cm³/mol. The van der Waals surface area contributed by atoms with E-state index >= 15 is 0 Å². The molecule has 246 valence electrons. The van der Waals surface area contributed by atoms with Crippen LogP contribution >= 0.6 is 23.2 Å². The summed E-state index contributed by atoms with van der Waals surface area (Å²) in [5, 5.41) is 4.05. The van der Waals surface area contributed by atoms with Gasteiger partial charge in [-0.1, -0.05) is 103 Å². The Bertz CT molecular complexity index is 1780. The third kappa shape index (κ3) is 8.95. The second-order valence-corrected chi connectivity index (χ2v) is 14.7. The molecule has 1 aliphatic carbocycles. The normalized spacial score (nSPS) is 14.3. The van der Waals surface area contributed by atoms with Crippen molar-refractivity contribution in [3.8, 4) is 0 Å². The Morgan fingerprint density at radius 3 is 2.21 bits per heavy atom. The second kappa shape index (κ2) is 15.8. The Morgan fingerprint density at radius 1 is 0.851 bits per heavy atom. The minimum absolute atomic E-state index is 0.00950. The number of aryl methyl sites for hydroxylation is 1. The molecule has 7 nitrogen and oxygen atoms in total. The molecule has 0 bridgehead atoms. The van der Waals surface area contributed by atoms with E-state index in [0.29, 0.717) is 21.3 Å². The zero-order valence-corrected chi connectivity index (χ0v) is 28.6. The fourth-order valence-electron chi connectivity index (χ4n) is 5.95. The van der Waals surface area contributed by atoms with Crippen molar-refractivity contribution in [1.82, 2.24) is 10.2 Å². The number of hydrogen-bond acceptors (Lipinski definition) is 4. The van der Waals surface area contributed by atoms with Gasteiger partial charge in [-0.15, -0.1) is 0 Å². The number of anilines is 1. The number of carbonyl (C=O) groups is 2. The first-order valence-corrected chi connectivity index (χ1v) is 18.0. The van der Waals surface area contributed by atoms with E-state index in [0.717, 1.165) is 47.5 Å². The largest absolute Gasteiger partial charge is 0.352 e. The number of benzene rings is 4. The summed E-state index contributed by atoms with van der Waals surface area (Å²) in [7, 11) is -4.22. The van der Waals surface area contributed by atoms with E-state index in [1.807, 2.05) is 55.5 Å². The quantitative estimate of drug-likeness (QED) is 0.166. The maximum Gasteiger partial charge on any atom is 0.264 e. The van der Waals surface area contributed by atoms with Crippen molar-refractivity contribution in [2.75, 3.05) is 10.8 Å². The zero-order valence-electron chi connectivity index (χ0n) is 26.3. The van der Waals surface area contributed by atoms with E-state index in [4.69, 9.17) is 23.2 Å². The smallest absolute Gasteiger partial charge is 0.264 e. The van der Waals surface area contributed by atoms with E-state index in [1.54, 1.807) is 30.3 Å². The van der Waals surface area contributed by atoms with Crippen LogP contribution in [0.2, 0.25) is 10.0 Å². The molecule has 1 aliphatic rings. The summed E-state index contributed by atoms with van der Waals surface area (Å²) >= 11 is 12.7. The summed E-state index contributed by atoms with van der Waals surface area (Å²) < 4.78 is 29.5. The van der Waals surface area contributed by atoms with Gasteiger partial charge in [0.15, 0.2) is 0 Å². The molecule has 1 unspecified atom stereocenters. The lowest BCUT2D eigenvalue weighted by atomic mass is 9.94. The number of nitrogens with one attached hydrogen (secondary N) is 1. The highest BCUT2D eigenvalue weighted by Crippen LogP contribution is 2.28. The summed E-state index contributed by atoms with van der Waals surface area (Å²) in [6.07, 6.45) is 5.19. The van der Waals surface area contributed by atoms with Crippen LogP contribution in [0.1, 0.15) is 48.8 Å². The lowest BCUT2D eigenvalue weighted by Crippen LogP contribution is -2.55. The van der Waals surface area contributed by atoms with Gasteiger partial charge in [-0.05, 0) is 78.9 Å². The molecule has 0 aliphatic heterocycles. The van der Waals surface area contributed by atoms with Crippen LogP contribution in [-0.4, -0.2) is 43.8 Å². The summed E-state index contributed by atoms with van der Waals surface area (Å²) in [4.78, 5) is 30.3. The monoisotopic (exact) mass is 691 g/mol. The van der Waals surface area contributed by atoms with Crippen molar-refractivity contribution in [3.05, 3.63) is 130 Å². The standard InChI is InChI=1S/C37H39Cl2N3O4S/c1-27-11-10-17-32(23-27)42(47(45,46)33-21-19-30(38)20-22-33)26-36(43)41(25-29-14-8-9-18-34(29)39)35(24-28-12-4-2-5-13-28)37(44)40-31-15-6-3-7-16-31/h2,4-5,8-14,17-23,31,35H,3,6-7,15-16,24-26H2,1H3,(H,40,44). The number of amides is 2. The van der Waals surface area contributed by atoms with Gasteiger partial charge in [0.05, 0.1) is 10.6 Å². The molecule has 10 heteroatoms. The van der Waals surface area contributed by atoms with Crippen molar-refractivity contribution in [2.24, 2.45) is 0 Å². The average Bonchev–Trinajstić information content (AvgIpc) is 3.07. The van der Waals surface area contributed by atoms with E-state index < -0.39 is 28.5 Å². The average molecular weight is 693 g/mol. The molecule has 4 aromatic carbocycles. The van der Waals surface area contributed by atoms with Crippen LogP contribution in [0.4, 0.5) is 5.69 Å². The Kier molecular flexibility index (Phi) is 11.6. The van der Waals surface area contributed by atoms with Gasteiger partial charge in [-0.3, -0.25) is 13.9 Å². The third-order valence-electron chi connectivity index (χ3n) is 8.49. The molecule has 0 heterocycles. The van der Waals surface area contributed by atoms with Crippen LogP contribution in [0.5, 0.6) is 0 Å². The minimum Gasteiger partial charge on any atom is -0.352 e. The predicted octanol–water partition coefficient (Wildman–Crippen LogP) is 7.59. The highest BCUT2D eigenvalue weighted by Gasteiger charge is 2.35. The van der Waals surface area contributed by atoms with E-state index in [9.17, 15) is 18.0 Å². The highest BCUT2D eigenvalue weighted by atomic mass is 35.5. The SMILES string of the molecule is Cc1cccc(N(CC(=O)N(Cc2ccccc2Cl)C(Cc2ccccc2)C(=O)NC2CCCCC2)S(=O)(=O)c2ccc(Cl)cc2)c1. The Morgan fingerprint density at radius 2 is 1.53 bits per heavy atom. The molecular formula is C37H39Cl2N3O4S. The molecule has 1 N–H and O–H groups in total. The van der Waals surface area contributed by atoms with Crippen molar-refractivity contribution in [3.63, 3.8) is 0 Å². The van der Waals surface area contributed by atoms with Gasteiger partial charge >= 0.3 is 0 Å². The van der Waals surface area contributed by atoms with Crippen molar-refractivity contribution in [2.45, 2.75) is 69.0 Å². The maximum atomic E-state index is 14.7. The van der Waals surface area contributed by atoms with Gasteiger partial charge in [0.25, 0.3) is 10.0 Å². The van der Waals surface area contributed by atoms with Gasteiger partial charge in [0.2, 0.25) is 11.8 Å². The molecule has 0 saturated heterocycles. The van der Waals surface area contributed by atoms with Crippen molar-refractivity contribution < 1.29 is 18.0 Å². The van der Waals surface area contributed by atoms with Gasteiger partial charge in [0.1, 0.15) is 12.6 Å². The summed E-state index contributed by atoms with van der Waals surface area (Å²) in [5.74, 6) is -0.812. The molecule has 4 aromatic rings. The van der Waals surface area contributed by atoms with Crippen LogP contribution < -0.4 is 9.62 Å². The zero-order chi connectivity index (χ0) is 33.4. The lowest BCUT2D eigenvalue weighted by Gasteiger charge is -2.35. The lowest BCUT2D eigenvalue weighted by molar-refractivity contribution is -0.140. The molecule has 1 fully saturated rings. The van der Waals surface area contributed by atoms with Crippen LogP contribution in [0.3, 0.4) is 0 Å². The van der Waals surface area contributed by atoms with Gasteiger partial charge in [0, 0.05) is 29.1 Å². The van der Waals surface area contributed by atoms with Crippen molar-refractivity contribution in [1.29, 1.82) is 0 Å². The summed E-state index contributed by atoms with van der Waals surface area (Å²) in [5.41, 5.74) is 2.68. The van der Waals surface area contributed by atoms with Gasteiger partial charge in [-0.2, -0.15) is 0 Å². The van der Waals surface area contributed by atoms with E-state index in [2.05, 4.69) is 5.32 Å². The topological polar surface area (TPSA) is 86.8 Å². The Balaban J connectivity index is 1.57. The van der Waals surface area contributed by atoms with Gasteiger partial charge < -0.3 is 10.2 Å². The van der Waals surface area contributed by atoms with Crippen molar-refractivity contribution >= 4 is 50.7 Å². The Labute approximate surface area is 287 Å². The number of carbonyl (C=O) groups excluding carboxylic acids is 2. The summed E-state index contributed by atoms with van der Waals surface area (Å²) in [6.45, 7) is 1.32. The van der Waals surface area contributed by atoms with Crippen LogP contribution in [0.25, 0.3) is 0 Å². The first kappa shape index (κ1) is 34.5. The molecule has 1 saturated carbocycles. The summed E-state index contributed by atoms with van der Waals surface area (Å²) in [6, 6.07) is 28.6. The van der Waals surface area contributed by atoms with E-state index in [-0.39, 0.29) is 29.8 Å². The Hall–Kier alpha value is -3.85. The number of nitrogens with zero attached hydrogens (tertiary/aromatic N) is 2. The molecule has 47 heavy (non-hydrogen) atoms. The molecule has 0 spiro atoms. The molecule has 2 amide bonds. The molecule has 0 aromatic heterocycles. The molecule has 5 rings (SSSR count). The number of rotatable bonds is 12. The third-order valence-corrected chi connectivity index (χ3v) is 10.9. The highest BCUT2D eigenvalue weighted by molar-refractivity contribution is 7.92. The van der Waals surface area contributed by atoms with Crippen LogP contribution in [0, 0.1) is 6.92 Å². The van der Waals surface area contributed by atoms with E-state index in [1.165, 1.54) is 29.2 Å². The fraction of sp³-hybridized carbons (Fsp3) is 0.297. The van der Waals surface area contributed by atoms with Gasteiger partial charge in [-0.25, -0.2) is 8.42 Å². The number of halogens is 2. The van der Waals surface area contributed by atoms with Crippen LogP contribution in [0.15, 0.2) is 108 Å². The molecular weight excluding hydrogens is 653 g/mol. The first-order chi connectivity index (χ1) is 22.6. The van der Waals surface area contributed by atoms with Crippen LogP contribution in [-0.2, 0) is 32.6 Å². The number of sulfonamides is 1. The molecule has 1 atom stereocenters. The maximum absolute atomic E-state index is 14.7. The molecule has 0 radical (unpaired) electrons. The number of hydrogen-bond donors (Lipinski definition) is 1. The second-order valence-electron chi connectivity index (χ2n) is 12.0.